The van der Waals surface area contributed by atoms with Gasteiger partial charge >= 0.3 is 0 Å². The molecular weight excluding hydrogens is 348 g/mol. The Morgan fingerprint density at radius 3 is 2.50 bits per heavy atom. The summed E-state index contributed by atoms with van der Waals surface area (Å²) in [5, 5.41) is 7.91. The summed E-state index contributed by atoms with van der Waals surface area (Å²) in [4.78, 5) is 10.7. The number of para-hydroxylation sites is 1. The van der Waals surface area contributed by atoms with Gasteiger partial charge in [-0.25, -0.2) is 4.98 Å². The van der Waals surface area contributed by atoms with E-state index in [1.54, 1.807) is 12.4 Å². The van der Waals surface area contributed by atoms with Gasteiger partial charge in [-0.1, -0.05) is 24.3 Å². The van der Waals surface area contributed by atoms with E-state index in [0.717, 1.165) is 29.4 Å². The first-order valence-corrected chi connectivity index (χ1v) is 9.18. The maximum absolute atomic E-state index is 4.58. The molecule has 0 saturated carbocycles. The van der Waals surface area contributed by atoms with Gasteiger partial charge in [-0.3, -0.25) is 9.67 Å². The highest BCUT2D eigenvalue weighted by molar-refractivity contribution is 5.58. The van der Waals surface area contributed by atoms with Crippen LogP contribution in [0, 0.1) is 0 Å². The maximum atomic E-state index is 4.58. The average Bonchev–Trinajstić information content (AvgIpc) is 3.21. The molecule has 0 fully saturated rings. The van der Waals surface area contributed by atoms with E-state index < -0.39 is 0 Å². The van der Waals surface area contributed by atoms with Crippen LogP contribution in [0.4, 0.5) is 17.3 Å². The summed E-state index contributed by atoms with van der Waals surface area (Å²) in [5.41, 5.74) is 3.39. The normalized spacial score (nSPS) is 10.6. The van der Waals surface area contributed by atoms with E-state index in [1.807, 2.05) is 66.6 Å². The molecule has 4 rings (SSSR count). The molecule has 0 aliphatic heterocycles. The molecule has 4 aromatic rings. The molecule has 0 aliphatic carbocycles. The lowest BCUT2D eigenvalue weighted by molar-refractivity contribution is 0.687. The molecule has 0 spiro atoms. The lowest BCUT2D eigenvalue weighted by Gasteiger charge is -2.18. The molecule has 6 nitrogen and oxygen atoms in total. The molecule has 0 unspecified atom stereocenters. The standard InChI is InChI=1S/C22H22N6/c1-27(20-5-3-2-4-6-20)22-8-7-19(16-25-22)15-24-21-11-14-28(26-21)17-18-9-12-23-13-10-18/h2-14,16H,15,17H2,1H3,(H,24,26). The molecule has 0 radical (unpaired) electrons. The van der Waals surface area contributed by atoms with Crippen molar-refractivity contribution in [1.82, 2.24) is 19.7 Å². The Morgan fingerprint density at radius 2 is 1.75 bits per heavy atom. The SMILES string of the molecule is CN(c1ccccc1)c1ccc(CNc2ccn(Cc3ccncc3)n2)cn1. The molecule has 140 valence electrons. The Morgan fingerprint density at radius 1 is 0.929 bits per heavy atom. The number of nitrogens with one attached hydrogen (secondary N) is 1. The lowest BCUT2D eigenvalue weighted by Crippen LogP contribution is -2.11. The van der Waals surface area contributed by atoms with Crippen molar-refractivity contribution >= 4 is 17.3 Å². The minimum Gasteiger partial charge on any atom is -0.364 e. The van der Waals surface area contributed by atoms with Crippen molar-refractivity contribution in [2.75, 3.05) is 17.3 Å². The zero-order chi connectivity index (χ0) is 19.2. The molecule has 0 aliphatic rings. The summed E-state index contributed by atoms with van der Waals surface area (Å²) in [7, 11) is 2.02. The Bertz CT molecular complexity index is 996. The van der Waals surface area contributed by atoms with Crippen molar-refractivity contribution in [3.8, 4) is 0 Å². The van der Waals surface area contributed by atoms with Gasteiger partial charge in [0.1, 0.15) is 11.6 Å². The summed E-state index contributed by atoms with van der Waals surface area (Å²) in [6.45, 7) is 1.40. The van der Waals surface area contributed by atoms with Gasteiger partial charge in [-0.05, 0) is 41.5 Å². The smallest absolute Gasteiger partial charge is 0.148 e. The summed E-state index contributed by atoms with van der Waals surface area (Å²) < 4.78 is 1.91. The fourth-order valence-corrected chi connectivity index (χ4v) is 2.92. The largest absolute Gasteiger partial charge is 0.364 e. The third-order valence-electron chi connectivity index (χ3n) is 4.50. The van der Waals surface area contributed by atoms with Crippen molar-refractivity contribution < 1.29 is 0 Å². The first-order valence-electron chi connectivity index (χ1n) is 9.18. The molecule has 0 atom stereocenters. The molecule has 0 bridgehead atoms. The summed E-state index contributed by atoms with van der Waals surface area (Å²) in [6, 6.07) is 20.3. The highest BCUT2D eigenvalue weighted by Crippen LogP contribution is 2.21. The number of nitrogens with zero attached hydrogens (tertiary/aromatic N) is 5. The zero-order valence-corrected chi connectivity index (χ0v) is 15.7. The van der Waals surface area contributed by atoms with Gasteiger partial charge in [0.05, 0.1) is 6.54 Å². The van der Waals surface area contributed by atoms with Crippen LogP contribution in [-0.2, 0) is 13.1 Å². The van der Waals surface area contributed by atoms with E-state index in [2.05, 4.69) is 43.5 Å². The molecule has 0 saturated heterocycles. The number of hydrogen-bond acceptors (Lipinski definition) is 5. The van der Waals surface area contributed by atoms with E-state index in [0.29, 0.717) is 6.54 Å². The van der Waals surface area contributed by atoms with Crippen LogP contribution >= 0.6 is 0 Å². The first-order chi connectivity index (χ1) is 13.8. The van der Waals surface area contributed by atoms with E-state index in [9.17, 15) is 0 Å². The number of benzene rings is 1. The monoisotopic (exact) mass is 370 g/mol. The Hall–Kier alpha value is -3.67. The lowest BCUT2D eigenvalue weighted by atomic mass is 10.2. The van der Waals surface area contributed by atoms with Crippen LogP contribution < -0.4 is 10.2 Å². The van der Waals surface area contributed by atoms with Crippen LogP contribution in [0.1, 0.15) is 11.1 Å². The van der Waals surface area contributed by atoms with Gasteiger partial charge < -0.3 is 10.2 Å². The minimum absolute atomic E-state index is 0.675. The van der Waals surface area contributed by atoms with Crippen molar-refractivity contribution in [3.05, 3.63) is 96.6 Å². The fraction of sp³-hybridized carbons (Fsp3) is 0.136. The Labute approximate surface area is 164 Å². The van der Waals surface area contributed by atoms with Gasteiger partial charge in [0.25, 0.3) is 0 Å². The highest BCUT2D eigenvalue weighted by Gasteiger charge is 2.05. The number of aromatic nitrogens is 4. The van der Waals surface area contributed by atoms with Crippen LogP contribution in [0.15, 0.2) is 85.5 Å². The van der Waals surface area contributed by atoms with Crippen LogP contribution in [0.25, 0.3) is 0 Å². The number of hydrogen-bond donors (Lipinski definition) is 1. The quantitative estimate of drug-likeness (QED) is 0.531. The molecule has 0 amide bonds. The van der Waals surface area contributed by atoms with Gasteiger partial charge in [-0.15, -0.1) is 0 Å². The molecule has 3 aromatic heterocycles. The maximum Gasteiger partial charge on any atom is 0.148 e. The molecular formula is C22H22N6. The summed E-state index contributed by atoms with van der Waals surface area (Å²) in [5.74, 6) is 1.76. The third-order valence-corrected chi connectivity index (χ3v) is 4.50. The van der Waals surface area contributed by atoms with Gasteiger partial charge in [0.15, 0.2) is 0 Å². The second-order valence-electron chi connectivity index (χ2n) is 6.53. The Balaban J connectivity index is 1.34. The van der Waals surface area contributed by atoms with Crippen LogP contribution in [0.2, 0.25) is 0 Å². The molecule has 1 N–H and O–H groups in total. The number of rotatable bonds is 7. The van der Waals surface area contributed by atoms with Crippen LogP contribution in [0.3, 0.4) is 0 Å². The van der Waals surface area contributed by atoms with Gasteiger partial charge in [0.2, 0.25) is 0 Å². The van der Waals surface area contributed by atoms with E-state index in [1.165, 1.54) is 5.56 Å². The molecule has 28 heavy (non-hydrogen) atoms. The average molecular weight is 370 g/mol. The fourth-order valence-electron chi connectivity index (χ4n) is 2.92. The second kappa shape index (κ2) is 8.35. The zero-order valence-electron chi connectivity index (χ0n) is 15.7. The van der Waals surface area contributed by atoms with Crippen molar-refractivity contribution in [2.24, 2.45) is 0 Å². The third kappa shape index (κ3) is 4.35. The van der Waals surface area contributed by atoms with Crippen molar-refractivity contribution in [3.63, 3.8) is 0 Å². The van der Waals surface area contributed by atoms with Crippen molar-refractivity contribution in [2.45, 2.75) is 13.1 Å². The topological polar surface area (TPSA) is 58.9 Å². The van der Waals surface area contributed by atoms with E-state index in [4.69, 9.17) is 0 Å². The van der Waals surface area contributed by atoms with E-state index in [-0.39, 0.29) is 0 Å². The summed E-state index contributed by atoms with van der Waals surface area (Å²) in [6.07, 6.45) is 7.46. The summed E-state index contributed by atoms with van der Waals surface area (Å²) >= 11 is 0. The number of anilines is 3. The predicted octanol–water partition coefficient (Wildman–Crippen LogP) is 4.10. The second-order valence-corrected chi connectivity index (χ2v) is 6.53. The highest BCUT2D eigenvalue weighted by atomic mass is 15.3. The molecule has 1 aromatic carbocycles. The van der Waals surface area contributed by atoms with Gasteiger partial charge in [0, 0.05) is 50.1 Å². The predicted molar refractivity (Wildman–Crippen MR) is 112 cm³/mol. The first kappa shape index (κ1) is 17.7. The van der Waals surface area contributed by atoms with Crippen LogP contribution in [0.5, 0.6) is 0 Å². The number of pyridine rings is 2. The van der Waals surface area contributed by atoms with Gasteiger partial charge in [-0.2, -0.15) is 5.10 Å². The van der Waals surface area contributed by atoms with E-state index >= 15 is 0 Å². The van der Waals surface area contributed by atoms with Crippen molar-refractivity contribution in [1.29, 1.82) is 0 Å². The van der Waals surface area contributed by atoms with Crippen LogP contribution in [-0.4, -0.2) is 26.8 Å². The molecule has 6 heteroatoms. The molecule has 3 heterocycles. The minimum atomic E-state index is 0.675. The Kier molecular flexibility index (Phi) is 5.29.